The van der Waals surface area contributed by atoms with Crippen molar-refractivity contribution in [3.8, 4) is 0 Å². The first-order valence-electron chi connectivity index (χ1n) is 8.24. The summed E-state index contributed by atoms with van der Waals surface area (Å²) in [7, 11) is 0. The molecule has 1 aromatic rings. The van der Waals surface area contributed by atoms with Gasteiger partial charge in [-0.3, -0.25) is 14.5 Å². The highest BCUT2D eigenvalue weighted by Gasteiger charge is 2.59. The minimum absolute atomic E-state index is 0.0991. The molecule has 0 aromatic heterocycles. The maximum Gasteiger partial charge on any atom is 0.328 e. The van der Waals surface area contributed by atoms with Crippen LogP contribution in [0.25, 0.3) is 0 Å². The van der Waals surface area contributed by atoms with E-state index < -0.39 is 40.8 Å². The number of carbonyl (C=O) groups is 3. The molecule has 3 heterocycles. The molecule has 1 aromatic carbocycles. The third kappa shape index (κ3) is 2.09. The predicted molar refractivity (Wildman–Crippen MR) is 83.7 cm³/mol. The monoisotopic (exact) mass is 349 g/mol. The number of imide groups is 1. The Labute approximate surface area is 143 Å². The molecule has 0 aliphatic carbocycles. The number of fused-ring (bicyclic) bond motifs is 1. The van der Waals surface area contributed by atoms with Crippen molar-refractivity contribution >= 4 is 23.5 Å². The second-order valence-electron chi connectivity index (χ2n) is 6.92. The van der Waals surface area contributed by atoms with Crippen molar-refractivity contribution in [2.24, 2.45) is 0 Å². The molecule has 0 unspecified atom stereocenters. The number of hydrogen-bond acceptors (Lipinski definition) is 3. The molecule has 3 aliphatic heterocycles. The van der Waals surface area contributed by atoms with Crippen LogP contribution >= 0.6 is 0 Å². The Kier molecular flexibility index (Phi) is 3.35. The summed E-state index contributed by atoms with van der Waals surface area (Å²) < 4.78 is 28.0. The highest BCUT2D eigenvalue weighted by molar-refractivity contribution is 6.08. The Bertz CT molecular complexity index is 779. The molecule has 4 rings (SSSR count). The van der Waals surface area contributed by atoms with E-state index in [0.29, 0.717) is 13.0 Å². The number of amides is 4. The average Bonchev–Trinajstić information content (AvgIpc) is 3.16. The van der Waals surface area contributed by atoms with Gasteiger partial charge in [0.2, 0.25) is 5.91 Å². The van der Waals surface area contributed by atoms with Crippen LogP contribution in [-0.4, -0.2) is 52.3 Å². The molecule has 25 heavy (non-hydrogen) atoms. The van der Waals surface area contributed by atoms with E-state index in [1.165, 1.54) is 11.0 Å². The first-order valence-corrected chi connectivity index (χ1v) is 8.24. The maximum absolute atomic E-state index is 14.0. The van der Waals surface area contributed by atoms with Gasteiger partial charge in [-0.25, -0.2) is 13.6 Å². The number of carbonyl (C=O) groups excluding carboxylic acids is 3. The van der Waals surface area contributed by atoms with Crippen LogP contribution in [0.1, 0.15) is 26.2 Å². The van der Waals surface area contributed by atoms with Crippen LogP contribution in [0, 0.1) is 11.6 Å². The van der Waals surface area contributed by atoms with Gasteiger partial charge in [0.1, 0.15) is 22.9 Å². The van der Waals surface area contributed by atoms with Crippen molar-refractivity contribution in [1.29, 1.82) is 0 Å². The molecule has 0 radical (unpaired) electrons. The molecule has 2 atom stereocenters. The molecule has 3 aliphatic rings. The van der Waals surface area contributed by atoms with Gasteiger partial charge in [0.05, 0.1) is 6.04 Å². The molecule has 3 fully saturated rings. The molecular formula is C17H17F2N3O3. The fourth-order valence-electron chi connectivity index (χ4n) is 4.12. The second-order valence-corrected chi connectivity index (χ2v) is 6.92. The van der Waals surface area contributed by atoms with Crippen molar-refractivity contribution in [1.82, 2.24) is 9.80 Å². The molecule has 0 N–H and O–H groups in total. The number of anilines is 1. The molecule has 6 nitrogen and oxygen atoms in total. The van der Waals surface area contributed by atoms with Crippen LogP contribution < -0.4 is 4.90 Å². The first-order chi connectivity index (χ1) is 11.8. The summed E-state index contributed by atoms with van der Waals surface area (Å²) in [6, 6.07) is 2.23. The number of hydrogen-bond donors (Lipinski definition) is 0. The summed E-state index contributed by atoms with van der Waals surface area (Å²) in [5.41, 5.74) is -1.29. The summed E-state index contributed by atoms with van der Waals surface area (Å²) >= 11 is 0. The normalized spacial score (nSPS) is 29.2. The molecule has 0 spiro atoms. The number of para-hydroxylation sites is 1. The first kappa shape index (κ1) is 16.0. The lowest BCUT2D eigenvalue weighted by atomic mass is 9.99. The highest BCUT2D eigenvalue weighted by atomic mass is 19.1. The minimum atomic E-state index is -0.864. The van der Waals surface area contributed by atoms with Gasteiger partial charge in [0.25, 0.3) is 5.91 Å². The topological polar surface area (TPSA) is 60.9 Å². The van der Waals surface area contributed by atoms with E-state index in [2.05, 4.69) is 0 Å². The molecule has 4 amide bonds. The lowest BCUT2D eigenvalue weighted by Gasteiger charge is -2.23. The van der Waals surface area contributed by atoms with Gasteiger partial charge in [0, 0.05) is 19.5 Å². The van der Waals surface area contributed by atoms with Crippen molar-refractivity contribution in [3.63, 3.8) is 0 Å². The second kappa shape index (κ2) is 5.24. The van der Waals surface area contributed by atoms with E-state index in [0.717, 1.165) is 28.4 Å². The molecule has 3 saturated heterocycles. The number of benzene rings is 1. The van der Waals surface area contributed by atoms with E-state index in [1.54, 1.807) is 6.92 Å². The van der Waals surface area contributed by atoms with Gasteiger partial charge < -0.3 is 9.80 Å². The van der Waals surface area contributed by atoms with Crippen LogP contribution in [0.2, 0.25) is 0 Å². The fraction of sp³-hybridized carbons (Fsp3) is 0.471. The van der Waals surface area contributed by atoms with Crippen LogP contribution in [0.4, 0.5) is 19.3 Å². The Morgan fingerprint density at radius 2 is 1.84 bits per heavy atom. The molecule has 8 heteroatoms. The zero-order valence-electron chi connectivity index (χ0n) is 13.7. The number of halogens is 2. The predicted octanol–water partition coefficient (Wildman–Crippen LogP) is 1.89. The molecule has 132 valence electrons. The third-order valence-electron chi connectivity index (χ3n) is 5.43. The van der Waals surface area contributed by atoms with E-state index in [4.69, 9.17) is 0 Å². The quantitative estimate of drug-likeness (QED) is 0.766. The van der Waals surface area contributed by atoms with Gasteiger partial charge >= 0.3 is 6.03 Å². The van der Waals surface area contributed by atoms with Crippen molar-refractivity contribution in [2.45, 2.75) is 37.8 Å². The summed E-state index contributed by atoms with van der Waals surface area (Å²) in [4.78, 5) is 41.3. The summed E-state index contributed by atoms with van der Waals surface area (Å²) in [6.07, 6.45) is 1.22. The molecular weight excluding hydrogens is 332 g/mol. The Morgan fingerprint density at radius 3 is 2.48 bits per heavy atom. The standard InChI is InChI=1S/C17H17F2N3O3/c1-17-6-3-7-21(17)16(25)22(15(17)24)10-8-13(23)20(9-10)14-11(18)4-2-5-12(14)19/h2,4-5,10H,3,6-9H2,1H3/t10-,17+/m0/s1. The minimum Gasteiger partial charge on any atom is -0.310 e. The number of rotatable bonds is 2. The smallest absolute Gasteiger partial charge is 0.310 e. The van der Waals surface area contributed by atoms with Crippen molar-refractivity contribution in [2.75, 3.05) is 18.0 Å². The van der Waals surface area contributed by atoms with Crippen molar-refractivity contribution < 1.29 is 23.2 Å². The number of nitrogens with zero attached hydrogens (tertiary/aromatic N) is 3. The Hall–Kier alpha value is -2.51. The van der Waals surface area contributed by atoms with Crippen LogP contribution in [-0.2, 0) is 9.59 Å². The SMILES string of the molecule is C[C@]12CCCN1C(=O)N([C@H]1CC(=O)N(c3c(F)cccc3F)C1)C2=O. The third-order valence-corrected chi connectivity index (χ3v) is 5.43. The summed E-state index contributed by atoms with van der Waals surface area (Å²) in [5, 5.41) is 0. The summed E-state index contributed by atoms with van der Waals surface area (Å²) in [6.45, 7) is 2.13. The largest absolute Gasteiger partial charge is 0.328 e. The molecule has 0 bridgehead atoms. The van der Waals surface area contributed by atoms with E-state index in [-0.39, 0.29) is 18.9 Å². The van der Waals surface area contributed by atoms with Gasteiger partial charge in [-0.2, -0.15) is 0 Å². The van der Waals surface area contributed by atoms with Gasteiger partial charge in [-0.05, 0) is 31.9 Å². The zero-order valence-corrected chi connectivity index (χ0v) is 13.7. The van der Waals surface area contributed by atoms with Crippen LogP contribution in [0.15, 0.2) is 18.2 Å². The van der Waals surface area contributed by atoms with Gasteiger partial charge in [0.15, 0.2) is 0 Å². The van der Waals surface area contributed by atoms with Crippen molar-refractivity contribution in [3.05, 3.63) is 29.8 Å². The van der Waals surface area contributed by atoms with Gasteiger partial charge in [-0.15, -0.1) is 0 Å². The van der Waals surface area contributed by atoms with E-state index >= 15 is 0 Å². The van der Waals surface area contributed by atoms with Gasteiger partial charge in [-0.1, -0.05) is 6.07 Å². The Morgan fingerprint density at radius 1 is 1.16 bits per heavy atom. The van der Waals surface area contributed by atoms with Crippen LogP contribution in [0.3, 0.4) is 0 Å². The van der Waals surface area contributed by atoms with E-state index in [9.17, 15) is 23.2 Å². The average molecular weight is 349 g/mol. The summed E-state index contributed by atoms with van der Waals surface area (Å²) in [5.74, 6) is -2.53. The lowest BCUT2D eigenvalue weighted by Crippen LogP contribution is -2.45. The van der Waals surface area contributed by atoms with Crippen LogP contribution in [0.5, 0.6) is 0 Å². The highest BCUT2D eigenvalue weighted by Crippen LogP contribution is 2.40. The molecule has 0 saturated carbocycles. The number of urea groups is 1. The Balaban J connectivity index is 1.63. The lowest BCUT2D eigenvalue weighted by molar-refractivity contribution is -0.133. The zero-order chi connectivity index (χ0) is 17.9. The maximum atomic E-state index is 14.0. The fourth-order valence-corrected chi connectivity index (χ4v) is 4.12. The van der Waals surface area contributed by atoms with E-state index in [1.807, 2.05) is 0 Å².